The fourth-order valence-corrected chi connectivity index (χ4v) is 5.86. The quantitative estimate of drug-likeness (QED) is 0.873. The molecule has 6 heteroatoms. The van der Waals surface area contributed by atoms with E-state index in [0.29, 0.717) is 24.1 Å². The fourth-order valence-electron chi connectivity index (χ4n) is 4.48. The minimum atomic E-state index is -0.0146. The Kier molecular flexibility index (Phi) is 5.07. The van der Waals surface area contributed by atoms with E-state index < -0.39 is 0 Å². The molecular formula is C21H26N4OS. The summed E-state index contributed by atoms with van der Waals surface area (Å²) in [6.45, 7) is 3.57. The molecule has 1 N–H and O–H groups in total. The van der Waals surface area contributed by atoms with Crippen LogP contribution in [-0.2, 0) is 24.7 Å². The molecule has 0 bridgehead atoms. The van der Waals surface area contributed by atoms with E-state index >= 15 is 0 Å². The number of nitrogens with zero attached hydrogens (tertiary/aromatic N) is 3. The molecule has 1 saturated heterocycles. The van der Waals surface area contributed by atoms with E-state index in [2.05, 4.69) is 53.2 Å². The Balaban J connectivity index is 1.47. The van der Waals surface area contributed by atoms with Crippen molar-refractivity contribution in [3.8, 4) is 6.07 Å². The zero-order chi connectivity index (χ0) is 19.0. The van der Waals surface area contributed by atoms with E-state index in [1.54, 1.807) is 11.3 Å². The van der Waals surface area contributed by atoms with Gasteiger partial charge in [0, 0.05) is 23.8 Å². The molecule has 1 aliphatic carbocycles. The van der Waals surface area contributed by atoms with Gasteiger partial charge in [0.2, 0.25) is 5.91 Å². The maximum Gasteiger partial charge on any atom is 0.239 e. The molecule has 2 aromatic rings. The number of rotatable bonds is 4. The molecule has 0 spiro atoms. The Bertz CT molecular complexity index is 891. The number of aryl methyl sites for hydroxylation is 1. The molecule has 2 aliphatic rings. The summed E-state index contributed by atoms with van der Waals surface area (Å²) in [6, 6.07) is 6.83. The Morgan fingerprint density at radius 2 is 2.30 bits per heavy atom. The van der Waals surface area contributed by atoms with E-state index in [1.165, 1.54) is 16.1 Å². The van der Waals surface area contributed by atoms with Crippen LogP contribution in [0.1, 0.15) is 53.9 Å². The van der Waals surface area contributed by atoms with Crippen LogP contribution in [-0.4, -0.2) is 28.5 Å². The lowest BCUT2D eigenvalue weighted by molar-refractivity contribution is -0.117. The van der Waals surface area contributed by atoms with Crippen LogP contribution in [0.25, 0.3) is 0 Å². The predicted molar refractivity (Wildman–Crippen MR) is 108 cm³/mol. The third-order valence-corrected chi connectivity index (χ3v) is 7.08. The molecule has 3 heterocycles. The van der Waals surface area contributed by atoms with Crippen LogP contribution >= 0.6 is 11.3 Å². The van der Waals surface area contributed by atoms with E-state index in [-0.39, 0.29) is 5.91 Å². The Morgan fingerprint density at radius 3 is 3.04 bits per heavy atom. The molecule has 1 fully saturated rings. The number of aromatic nitrogens is 1. The second kappa shape index (κ2) is 7.49. The number of hydrogen-bond donors (Lipinski definition) is 1. The van der Waals surface area contributed by atoms with Crippen molar-refractivity contribution >= 4 is 22.2 Å². The monoisotopic (exact) mass is 382 g/mol. The maximum atomic E-state index is 12.8. The van der Waals surface area contributed by atoms with E-state index in [0.717, 1.165) is 43.6 Å². The molecule has 27 heavy (non-hydrogen) atoms. The van der Waals surface area contributed by atoms with Gasteiger partial charge in [0.25, 0.3) is 0 Å². The van der Waals surface area contributed by atoms with Crippen LogP contribution < -0.4 is 5.32 Å². The van der Waals surface area contributed by atoms with Crippen LogP contribution in [0.5, 0.6) is 0 Å². The minimum Gasteiger partial charge on any atom is -0.353 e. The summed E-state index contributed by atoms with van der Waals surface area (Å²) in [6.07, 6.45) is 7.34. The average molecular weight is 383 g/mol. The predicted octanol–water partition coefficient (Wildman–Crippen LogP) is 3.86. The first-order chi connectivity index (χ1) is 13.1. The highest BCUT2D eigenvalue weighted by Crippen LogP contribution is 2.39. The highest BCUT2D eigenvalue weighted by Gasteiger charge is 2.30. The molecule has 2 atom stereocenters. The van der Waals surface area contributed by atoms with Crippen molar-refractivity contribution in [2.45, 2.75) is 45.1 Å². The molecule has 2 aromatic heterocycles. The topological polar surface area (TPSA) is 61.1 Å². The highest BCUT2D eigenvalue weighted by atomic mass is 32.1. The molecule has 142 valence electrons. The normalized spacial score (nSPS) is 22.4. The van der Waals surface area contributed by atoms with Crippen LogP contribution in [0.3, 0.4) is 0 Å². The van der Waals surface area contributed by atoms with Gasteiger partial charge < -0.3 is 9.88 Å². The van der Waals surface area contributed by atoms with Crippen LogP contribution in [0, 0.1) is 17.2 Å². The van der Waals surface area contributed by atoms with Crippen molar-refractivity contribution in [2.24, 2.45) is 13.0 Å². The third-order valence-electron chi connectivity index (χ3n) is 5.91. The highest BCUT2D eigenvalue weighted by molar-refractivity contribution is 7.16. The Hall–Kier alpha value is -2.10. The molecule has 0 unspecified atom stereocenters. The zero-order valence-electron chi connectivity index (χ0n) is 16.0. The van der Waals surface area contributed by atoms with Crippen LogP contribution in [0.15, 0.2) is 18.3 Å². The van der Waals surface area contributed by atoms with Gasteiger partial charge in [-0.1, -0.05) is 6.92 Å². The van der Waals surface area contributed by atoms with Gasteiger partial charge in [-0.3, -0.25) is 9.69 Å². The summed E-state index contributed by atoms with van der Waals surface area (Å²) < 4.78 is 2.14. The van der Waals surface area contributed by atoms with Crippen molar-refractivity contribution in [2.75, 3.05) is 18.4 Å². The average Bonchev–Trinajstić information content (AvgIpc) is 3.32. The largest absolute Gasteiger partial charge is 0.353 e. The van der Waals surface area contributed by atoms with E-state index in [4.69, 9.17) is 0 Å². The standard InChI is InChI=1S/C21H26N4OS/c1-14-7-8-15-16(12-22)21(27-19(15)11-14)23-20(26)13-25-10-4-6-18(25)17-5-3-9-24(17)2/h3,5,9,14,18H,4,6-8,10-11,13H2,1-2H3,(H,23,26)/t14-,18-/m1/s1. The lowest BCUT2D eigenvalue weighted by Gasteiger charge is -2.24. The molecule has 5 nitrogen and oxygen atoms in total. The number of likely N-dealkylation sites (tertiary alicyclic amines) is 1. The smallest absolute Gasteiger partial charge is 0.239 e. The zero-order valence-corrected chi connectivity index (χ0v) is 16.8. The first-order valence-electron chi connectivity index (χ1n) is 9.76. The molecule has 4 rings (SSSR count). The number of nitriles is 1. The number of carbonyl (C=O) groups excluding carboxylic acids is 1. The Labute approximate surface area is 164 Å². The number of amides is 1. The van der Waals surface area contributed by atoms with E-state index in [1.807, 2.05) is 0 Å². The molecule has 1 aliphatic heterocycles. The lowest BCUT2D eigenvalue weighted by atomic mass is 9.89. The summed E-state index contributed by atoms with van der Waals surface area (Å²) in [4.78, 5) is 16.3. The molecule has 0 aromatic carbocycles. The molecular weight excluding hydrogens is 356 g/mol. The van der Waals surface area contributed by atoms with Gasteiger partial charge in [-0.25, -0.2) is 0 Å². The summed E-state index contributed by atoms with van der Waals surface area (Å²) >= 11 is 1.60. The van der Waals surface area contributed by atoms with Crippen molar-refractivity contribution in [3.63, 3.8) is 0 Å². The van der Waals surface area contributed by atoms with E-state index in [9.17, 15) is 10.1 Å². The third kappa shape index (κ3) is 3.54. The van der Waals surface area contributed by atoms with Crippen molar-refractivity contribution < 1.29 is 4.79 Å². The number of anilines is 1. The SMILES string of the molecule is C[C@@H]1CCc2c(sc(NC(=O)CN3CCC[C@@H]3c3cccn3C)c2C#N)C1. The summed E-state index contributed by atoms with van der Waals surface area (Å²) in [5.41, 5.74) is 3.12. The Morgan fingerprint density at radius 1 is 1.44 bits per heavy atom. The van der Waals surface area contributed by atoms with Gasteiger partial charge in [-0.05, 0) is 62.3 Å². The number of hydrogen-bond acceptors (Lipinski definition) is 4. The van der Waals surface area contributed by atoms with Crippen molar-refractivity contribution in [3.05, 3.63) is 40.0 Å². The first kappa shape index (κ1) is 18.3. The van der Waals surface area contributed by atoms with Gasteiger partial charge in [0.05, 0.1) is 18.2 Å². The lowest BCUT2D eigenvalue weighted by Crippen LogP contribution is -2.33. The second-order valence-corrected chi connectivity index (χ2v) is 8.99. The number of nitrogens with one attached hydrogen (secondary N) is 1. The molecule has 1 amide bonds. The minimum absolute atomic E-state index is 0.0146. The van der Waals surface area contributed by atoms with Crippen molar-refractivity contribution in [1.82, 2.24) is 9.47 Å². The van der Waals surface area contributed by atoms with Crippen molar-refractivity contribution in [1.29, 1.82) is 5.26 Å². The van der Waals surface area contributed by atoms with Gasteiger partial charge in [-0.2, -0.15) is 5.26 Å². The maximum absolute atomic E-state index is 12.8. The van der Waals surface area contributed by atoms with Gasteiger partial charge in [0.15, 0.2) is 0 Å². The summed E-state index contributed by atoms with van der Waals surface area (Å²) in [5.74, 6) is 0.640. The van der Waals surface area contributed by atoms with Gasteiger partial charge in [-0.15, -0.1) is 11.3 Å². The fraction of sp³-hybridized carbons (Fsp3) is 0.524. The van der Waals surface area contributed by atoms with Crippen LogP contribution in [0.2, 0.25) is 0 Å². The number of carbonyl (C=O) groups is 1. The second-order valence-electron chi connectivity index (χ2n) is 7.89. The number of thiophene rings is 1. The van der Waals surface area contributed by atoms with Gasteiger partial charge >= 0.3 is 0 Å². The number of fused-ring (bicyclic) bond motifs is 1. The van der Waals surface area contributed by atoms with Crippen LogP contribution in [0.4, 0.5) is 5.00 Å². The van der Waals surface area contributed by atoms with Gasteiger partial charge in [0.1, 0.15) is 11.1 Å². The first-order valence-corrected chi connectivity index (χ1v) is 10.6. The molecule has 0 radical (unpaired) electrons. The summed E-state index contributed by atoms with van der Waals surface area (Å²) in [7, 11) is 2.06. The summed E-state index contributed by atoms with van der Waals surface area (Å²) in [5, 5.41) is 13.4. The molecule has 0 saturated carbocycles.